The molecule has 0 spiro atoms. The Balaban J connectivity index is 1.45. The molecule has 0 unspecified atom stereocenters. The van der Waals surface area contributed by atoms with E-state index < -0.39 is 6.09 Å². The molecule has 13 heteroatoms. The van der Waals surface area contributed by atoms with Gasteiger partial charge in [0.1, 0.15) is 12.1 Å². The van der Waals surface area contributed by atoms with Crippen molar-refractivity contribution in [2.24, 2.45) is 0 Å². The zero-order chi connectivity index (χ0) is 26.5. The summed E-state index contributed by atoms with van der Waals surface area (Å²) in [6.45, 7) is 8.02. The van der Waals surface area contributed by atoms with E-state index in [-0.39, 0.29) is 18.0 Å². The van der Waals surface area contributed by atoms with Gasteiger partial charge in [-0.25, -0.2) is 14.8 Å². The van der Waals surface area contributed by atoms with Crippen molar-refractivity contribution in [3.8, 4) is 5.82 Å². The van der Waals surface area contributed by atoms with E-state index in [4.69, 9.17) is 10.5 Å². The average molecular weight is 509 g/mol. The molecule has 0 saturated carbocycles. The van der Waals surface area contributed by atoms with Crippen LogP contribution in [0.15, 0.2) is 36.7 Å². The van der Waals surface area contributed by atoms with E-state index in [2.05, 4.69) is 30.3 Å². The number of ether oxygens (including phenoxy) is 1. The van der Waals surface area contributed by atoms with Gasteiger partial charge in [0.05, 0.1) is 6.10 Å². The second-order valence-corrected chi connectivity index (χ2v) is 8.95. The summed E-state index contributed by atoms with van der Waals surface area (Å²) in [7, 11) is 1.65. The molecular formula is C24H32N10O3. The van der Waals surface area contributed by atoms with Crippen molar-refractivity contribution in [1.82, 2.24) is 29.6 Å². The van der Waals surface area contributed by atoms with Crippen molar-refractivity contribution in [3.63, 3.8) is 0 Å². The van der Waals surface area contributed by atoms with E-state index in [1.807, 2.05) is 4.90 Å². The van der Waals surface area contributed by atoms with Crippen LogP contribution < -0.4 is 20.9 Å². The second-order valence-electron chi connectivity index (χ2n) is 8.95. The number of nitrogens with two attached hydrogens (primary N) is 1. The lowest BCUT2D eigenvalue weighted by Crippen LogP contribution is -2.33. The number of anilines is 5. The highest BCUT2D eigenvalue weighted by Crippen LogP contribution is 2.22. The fraction of sp³-hybridized carbons (Fsp3) is 0.417. The van der Waals surface area contributed by atoms with Crippen LogP contribution in [0.2, 0.25) is 0 Å². The van der Waals surface area contributed by atoms with Crippen LogP contribution in [-0.4, -0.2) is 81.0 Å². The molecule has 3 heterocycles. The van der Waals surface area contributed by atoms with Gasteiger partial charge in [-0.2, -0.15) is 9.67 Å². The highest BCUT2D eigenvalue weighted by atomic mass is 16.6. The van der Waals surface area contributed by atoms with Crippen molar-refractivity contribution in [2.45, 2.75) is 33.3 Å². The molecule has 2 aromatic heterocycles. The van der Waals surface area contributed by atoms with Crippen molar-refractivity contribution < 1.29 is 14.3 Å². The molecule has 3 aromatic rings. The maximum atomic E-state index is 12.1. The maximum absolute atomic E-state index is 12.1. The molecule has 1 saturated heterocycles. The van der Waals surface area contributed by atoms with Crippen molar-refractivity contribution in [1.29, 1.82) is 0 Å². The van der Waals surface area contributed by atoms with Crippen molar-refractivity contribution >= 4 is 41.1 Å². The van der Waals surface area contributed by atoms with Crippen LogP contribution >= 0.6 is 0 Å². The standard InChI is InChI=1S/C24H32N10O3/c1-16(2)37-24(36)31(4)19-8-6-18(7-9-19)28-23-29-22(25)34(30-23)21-14-20(26-15-27-21)33-11-5-10-32(12-13-33)17(3)35/h6-9,14-16H,5,10-13H2,1-4H3,(H3,25,28,29,30). The zero-order valence-electron chi connectivity index (χ0n) is 21.5. The van der Waals surface area contributed by atoms with Crippen molar-refractivity contribution in [2.75, 3.05) is 54.1 Å². The Labute approximate surface area is 215 Å². The minimum atomic E-state index is -0.426. The lowest BCUT2D eigenvalue weighted by molar-refractivity contribution is -0.128. The molecule has 3 N–H and O–H groups in total. The number of nitrogens with one attached hydrogen (secondary N) is 1. The largest absolute Gasteiger partial charge is 0.446 e. The number of nitrogen functional groups attached to an aromatic ring is 1. The third-order valence-corrected chi connectivity index (χ3v) is 5.87. The number of amides is 2. The van der Waals surface area contributed by atoms with Gasteiger partial charge in [0.2, 0.25) is 17.8 Å². The summed E-state index contributed by atoms with van der Waals surface area (Å²) in [5.41, 5.74) is 7.54. The van der Waals surface area contributed by atoms with Gasteiger partial charge in [-0.1, -0.05) is 0 Å². The van der Waals surface area contributed by atoms with Gasteiger partial charge in [-0.15, -0.1) is 5.10 Å². The van der Waals surface area contributed by atoms with Gasteiger partial charge in [0.25, 0.3) is 0 Å². The van der Waals surface area contributed by atoms with Gasteiger partial charge >= 0.3 is 6.09 Å². The maximum Gasteiger partial charge on any atom is 0.414 e. The van der Waals surface area contributed by atoms with Crippen molar-refractivity contribution in [3.05, 3.63) is 36.7 Å². The summed E-state index contributed by atoms with van der Waals surface area (Å²) in [6.07, 6.45) is 1.69. The van der Waals surface area contributed by atoms with E-state index in [1.165, 1.54) is 15.9 Å². The van der Waals surface area contributed by atoms with Gasteiger partial charge < -0.3 is 25.6 Å². The SMILES string of the molecule is CC(=O)N1CCCN(c2cc(-n3nc(Nc4ccc(N(C)C(=O)OC(C)C)cc4)nc3N)ncn2)CC1. The molecule has 0 atom stereocenters. The molecule has 0 radical (unpaired) electrons. The van der Waals surface area contributed by atoms with E-state index in [1.54, 1.807) is 58.2 Å². The summed E-state index contributed by atoms with van der Waals surface area (Å²) < 4.78 is 6.67. The smallest absolute Gasteiger partial charge is 0.414 e. The minimum absolute atomic E-state index is 0.0796. The predicted octanol–water partition coefficient (Wildman–Crippen LogP) is 2.42. The normalized spacial score (nSPS) is 13.9. The third-order valence-electron chi connectivity index (χ3n) is 5.87. The van der Waals surface area contributed by atoms with Crippen LogP contribution in [0, 0.1) is 0 Å². The fourth-order valence-corrected chi connectivity index (χ4v) is 3.92. The first-order valence-electron chi connectivity index (χ1n) is 12.1. The number of hydrogen-bond acceptors (Lipinski definition) is 10. The Bertz CT molecular complexity index is 1240. The van der Waals surface area contributed by atoms with Gasteiger partial charge in [0, 0.05) is 57.6 Å². The monoisotopic (exact) mass is 508 g/mol. The Kier molecular flexibility index (Phi) is 7.70. The molecule has 2 amide bonds. The van der Waals surface area contributed by atoms with Crippen LogP contribution in [0.4, 0.5) is 33.9 Å². The molecule has 0 bridgehead atoms. The highest BCUT2D eigenvalue weighted by molar-refractivity contribution is 5.87. The molecule has 1 fully saturated rings. The fourth-order valence-electron chi connectivity index (χ4n) is 3.92. The first-order chi connectivity index (χ1) is 17.7. The van der Waals surface area contributed by atoms with Gasteiger partial charge in [-0.05, 0) is 44.5 Å². The Hall–Kier alpha value is -4.42. The third kappa shape index (κ3) is 6.23. The lowest BCUT2D eigenvalue weighted by Gasteiger charge is -2.22. The van der Waals surface area contributed by atoms with E-state index in [0.29, 0.717) is 30.5 Å². The topological polar surface area (TPSA) is 148 Å². The highest BCUT2D eigenvalue weighted by Gasteiger charge is 2.19. The van der Waals surface area contributed by atoms with E-state index in [0.717, 1.165) is 31.0 Å². The number of nitrogens with zero attached hydrogens (tertiary/aromatic N) is 8. The Morgan fingerprint density at radius 2 is 1.81 bits per heavy atom. The molecule has 13 nitrogen and oxygen atoms in total. The summed E-state index contributed by atoms with van der Waals surface area (Å²) in [5, 5.41) is 7.57. The first-order valence-corrected chi connectivity index (χ1v) is 12.1. The Morgan fingerprint density at radius 3 is 2.51 bits per heavy atom. The minimum Gasteiger partial charge on any atom is -0.446 e. The summed E-state index contributed by atoms with van der Waals surface area (Å²) in [4.78, 5) is 42.3. The second kappa shape index (κ2) is 11.1. The predicted molar refractivity (Wildman–Crippen MR) is 140 cm³/mol. The van der Waals surface area contributed by atoms with Crippen LogP contribution in [0.25, 0.3) is 5.82 Å². The summed E-state index contributed by atoms with van der Waals surface area (Å²) in [6, 6.07) is 8.99. The molecule has 4 rings (SSSR count). The molecule has 37 heavy (non-hydrogen) atoms. The van der Waals surface area contributed by atoms with Crippen LogP contribution in [-0.2, 0) is 9.53 Å². The molecule has 1 aliphatic heterocycles. The molecule has 196 valence electrons. The molecular weight excluding hydrogens is 476 g/mol. The van der Waals surface area contributed by atoms with E-state index >= 15 is 0 Å². The molecule has 1 aromatic carbocycles. The number of benzene rings is 1. The number of carbonyl (C=O) groups excluding carboxylic acids is 2. The zero-order valence-corrected chi connectivity index (χ0v) is 21.5. The van der Waals surface area contributed by atoms with Crippen LogP contribution in [0.3, 0.4) is 0 Å². The number of rotatable bonds is 6. The van der Waals surface area contributed by atoms with E-state index in [9.17, 15) is 9.59 Å². The van der Waals surface area contributed by atoms with Gasteiger partial charge in [0.15, 0.2) is 5.82 Å². The summed E-state index contributed by atoms with van der Waals surface area (Å²) >= 11 is 0. The molecule has 0 aliphatic carbocycles. The Morgan fingerprint density at radius 1 is 1.08 bits per heavy atom. The van der Waals surface area contributed by atoms with Crippen LogP contribution in [0.1, 0.15) is 27.2 Å². The molecule has 1 aliphatic rings. The lowest BCUT2D eigenvalue weighted by atomic mass is 10.2. The number of carbonyl (C=O) groups is 2. The van der Waals surface area contributed by atoms with Crippen LogP contribution in [0.5, 0.6) is 0 Å². The summed E-state index contributed by atoms with van der Waals surface area (Å²) in [5.74, 6) is 1.76. The number of hydrogen-bond donors (Lipinski definition) is 2. The number of aromatic nitrogens is 5. The first kappa shape index (κ1) is 25.7. The van der Waals surface area contributed by atoms with Gasteiger partial charge in [-0.3, -0.25) is 9.69 Å². The quantitative estimate of drug-likeness (QED) is 0.508. The average Bonchev–Trinajstić information content (AvgIpc) is 3.06.